The highest BCUT2D eigenvalue weighted by Gasteiger charge is 2.34. The third-order valence-corrected chi connectivity index (χ3v) is 3.66. The van der Waals surface area contributed by atoms with Crippen molar-refractivity contribution in [1.29, 1.82) is 0 Å². The van der Waals surface area contributed by atoms with E-state index in [0.29, 0.717) is 12.8 Å². The number of amides is 1. The first kappa shape index (κ1) is 13.1. The molecule has 4 heteroatoms. The minimum absolute atomic E-state index is 0.00000283. The smallest absolute Gasteiger partial charge is 0.220 e. The van der Waals surface area contributed by atoms with Crippen LogP contribution in [0.5, 0.6) is 0 Å². The van der Waals surface area contributed by atoms with Crippen molar-refractivity contribution in [3.8, 4) is 0 Å². The number of hydrogen-bond acceptors (Lipinski definition) is 3. The summed E-state index contributed by atoms with van der Waals surface area (Å²) in [6.45, 7) is 1.93. The molecule has 1 aliphatic carbocycles. The number of rotatable bonds is 5. The highest BCUT2D eigenvalue weighted by Crippen LogP contribution is 2.29. The van der Waals surface area contributed by atoms with Gasteiger partial charge in [-0.1, -0.05) is 12.8 Å². The van der Waals surface area contributed by atoms with Gasteiger partial charge in [0.25, 0.3) is 0 Å². The molecule has 0 bridgehead atoms. The van der Waals surface area contributed by atoms with Gasteiger partial charge in [-0.25, -0.2) is 0 Å². The van der Waals surface area contributed by atoms with E-state index in [0.717, 1.165) is 37.2 Å². The summed E-state index contributed by atoms with van der Waals surface area (Å²) in [5, 5.41) is 12.4. The Labute approximate surface area is 107 Å². The molecule has 1 saturated carbocycles. The van der Waals surface area contributed by atoms with Gasteiger partial charge >= 0.3 is 0 Å². The molecular weight excluding hydrogens is 230 g/mol. The Hall–Kier alpha value is -1.29. The van der Waals surface area contributed by atoms with E-state index in [2.05, 4.69) is 5.32 Å². The van der Waals surface area contributed by atoms with Crippen molar-refractivity contribution < 1.29 is 14.3 Å². The molecule has 0 atom stereocenters. The van der Waals surface area contributed by atoms with Crippen LogP contribution in [0.2, 0.25) is 0 Å². The van der Waals surface area contributed by atoms with E-state index in [1.807, 2.05) is 19.1 Å². The number of carbonyl (C=O) groups excluding carboxylic acids is 1. The van der Waals surface area contributed by atoms with Gasteiger partial charge in [-0.05, 0) is 31.9 Å². The molecule has 1 amide bonds. The topological polar surface area (TPSA) is 62.5 Å². The first-order valence-corrected chi connectivity index (χ1v) is 6.61. The Morgan fingerprint density at radius 2 is 2.17 bits per heavy atom. The first-order valence-electron chi connectivity index (χ1n) is 6.61. The zero-order valence-corrected chi connectivity index (χ0v) is 10.9. The molecule has 1 aromatic rings. The van der Waals surface area contributed by atoms with Gasteiger partial charge in [0.1, 0.15) is 11.5 Å². The summed E-state index contributed by atoms with van der Waals surface area (Å²) in [6, 6.07) is 3.80. The summed E-state index contributed by atoms with van der Waals surface area (Å²) < 4.78 is 5.43. The normalized spacial score (nSPS) is 17.9. The highest BCUT2D eigenvalue weighted by atomic mass is 16.3. The molecule has 2 N–H and O–H groups in total. The van der Waals surface area contributed by atoms with Gasteiger partial charge in [0.15, 0.2) is 0 Å². The Balaban J connectivity index is 1.81. The standard InChI is InChI=1S/C14H21NO3/c1-11-4-5-12(18-11)6-7-13(17)15-14(10-16)8-2-3-9-14/h4-5,16H,2-3,6-10H2,1H3,(H,15,17). The third-order valence-electron chi connectivity index (χ3n) is 3.66. The van der Waals surface area contributed by atoms with Gasteiger partial charge in [-0.15, -0.1) is 0 Å². The summed E-state index contributed by atoms with van der Waals surface area (Å²) >= 11 is 0. The number of furan rings is 1. The average Bonchev–Trinajstić information content (AvgIpc) is 2.97. The highest BCUT2D eigenvalue weighted by molar-refractivity contribution is 5.77. The van der Waals surface area contributed by atoms with Crippen LogP contribution in [0, 0.1) is 6.92 Å². The maximum atomic E-state index is 11.9. The van der Waals surface area contributed by atoms with Crippen molar-refractivity contribution in [3.05, 3.63) is 23.7 Å². The van der Waals surface area contributed by atoms with Crippen molar-refractivity contribution in [1.82, 2.24) is 5.32 Å². The summed E-state index contributed by atoms with van der Waals surface area (Å²) in [5.74, 6) is 1.71. The van der Waals surface area contributed by atoms with Gasteiger partial charge in [0.05, 0.1) is 12.1 Å². The van der Waals surface area contributed by atoms with Gasteiger partial charge in [0, 0.05) is 12.8 Å². The Bertz CT molecular complexity index is 405. The molecule has 2 rings (SSSR count). The zero-order chi connectivity index (χ0) is 13.0. The average molecular weight is 251 g/mol. The molecule has 4 nitrogen and oxygen atoms in total. The number of aliphatic hydroxyl groups is 1. The minimum atomic E-state index is -0.365. The Morgan fingerprint density at radius 3 is 2.72 bits per heavy atom. The Morgan fingerprint density at radius 1 is 1.44 bits per heavy atom. The maximum absolute atomic E-state index is 11.9. The van der Waals surface area contributed by atoms with Crippen LogP contribution in [0.3, 0.4) is 0 Å². The lowest BCUT2D eigenvalue weighted by molar-refractivity contribution is -0.123. The van der Waals surface area contributed by atoms with Gasteiger partial charge in [-0.2, -0.15) is 0 Å². The lowest BCUT2D eigenvalue weighted by atomic mass is 9.98. The molecule has 0 unspecified atom stereocenters. The van der Waals surface area contributed by atoms with Crippen LogP contribution in [0.15, 0.2) is 16.5 Å². The molecule has 100 valence electrons. The number of hydrogen-bond donors (Lipinski definition) is 2. The summed E-state index contributed by atoms with van der Waals surface area (Å²) in [6.07, 6.45) is 4.95. The molecule has 1 fully saturated rings. The number of carbonyl (C=O) groups is 1. The molecule has 0 radical (unpaired) electrons. The molecule has 1 aliphatic rings. The van der Waals surface area contributed by atoms with Crippen molar-refractivity contribution >= 4 is 5.91 Å². The van der Waals surface area contributed by atoms with Crippen LogP contribution >= 0.6 is 0 Å². The van der Waals surface area contributed by atoms with E-state index >= 15 is 0 Å². The zero-order valence-electron chi connectivity index (χ0n) is 10.9. The van der Waals surface area contributed by atoms with Crippen LogP contribution < -0.4 is 5.32 Å². The molecule has 0 saturated heterocycles. The van der Waals surface area contributed by atoms with Crippen LogP contribution in [0.25, 0.3) is 0 Å². The second kappa shape index (κ2) is 5.57. The summed E-state index contributed by atoms with van der Waals surface area (Å²) in [7, 11) is 0. The van der Waals surface area contributed by atoms with Crippen LogP contribution in [-0.2, 0) is 11.2 Å². The maximum Gasteiger partial charge on any atom is 0.220 e. The fourth-order valence-corrected chi connectivity index (χ4v) is 2.59. The largest absolute Gasteiger partial charge is 0.466 e. The lowest BCUT2D eigenvalue weighted by Gasteiger charge is -2.27. The van der Waals surface area contributed by atoms with Gasteiger partial charge < -0.3 is 14.8 Å². The Kier molecular flexibility index (Phi) is 4.07. The summed E-state index contributed by atoms with van der Waals surface area (Å²) in [4.78, 5) is 11.9. The monoisotopic (exact) mass is 251 g/mol. The second-order valence-corrected chi connectivity index (χ2v) is 5.21. The molecule has 18 heavy (non-hydrogen) atoms. The fraction of sp³-hybridized carbons (Fsp3) is 0.643. The van der Waals surface area contributed by atoms with E-state index < -0.39 is 0 Å². The molecule has 1 aromatic heterocycles. The number of aryl methyl sites for hydroxylation is 2. The molecule has 0 aliphatic heterocycles. The van der Waals surface area contributed by atoms with Crippen LogP contribution in [-0.4, -0.2) is 23.2 Å². The number of aliphatic hydroxyl groups excluding tert-OH is 1. The van der Waals surface area contributed by atoms with Crippen LogP contribution in [0.1, 0.15) is 43.6 Å². The predicted octanol–water partition coefficient (Wildman–Crippen LogP) is 1.94. The van der Waals surface area contributed by atoms with Crippen molar-refractivity contribution in [3.63, 3.8) is 0 Å². The first-order chi connectivity index (χ1) is 8.63. The van der Waals surface area contributed by atoms with Crippen molar-refractivity contribution in [2.24, 2.45) is 0 Å². The minimum Gasteiger partial charge on any atom is -0.466 e. The van der Waals surface area contributed by atoms with Gasteiger partial charge in [-0.3, -0.25) is 4.79 Å². The van der Waals surface area contributed by atoms with E-state index in [1.54, 1.807) is 0 Å². The number of nitrogens with one attached hydrogen (secondary N) is 1. The van der Waals surface area contributed by atoms with Crippen molar-refractivity contribution in [2.45, 2.75) is 51.0 Å². The SMILES string of the molecule is Cc1ccc(CCC(=O)NC2(CO)CCCC2)o1. The molecule has 0 aromatic carbocycles. The van der Waals surface area contributed by atoms with Gasteiger partial charge in [0.2, 0.25) is 5.91 Å². The molecule has 0 spiro atoms. The van der Waals surface area contributed by atoms with E-state index in [9.17, 15) is 9.90 Å². The quantitative estimate of drug-likeness (QED) is 0.840. The van der Waals surface area contributed by atoms with E-state index in [4.69, 9.17) is 4.42 Å². The van der Waals surface area contributed by atoms with E-state index in [-0.39, 0.29) is 18.1 Å². The van der Waals surface area contributed by atoms with Crippen molar-refractivity contribution in [2.75, 3.05) is 6.61 Å². The fourth-order valence-electron chi connectivity index (χ4n) is 2.59. The molecule has 1 heterocycles. The predicted molar refractivity (Wildman–Crippen MR) is 68.2 cm³/mol. The molecular formula is C14H21NO3. The van der Waals surface area contributed by atoms with Crippen LogP contribution in [0.4, 0.5) is 0 Å². The van der Waals surface area contributed by atoms with E-state index in [1.165, 1.54) is 0 Å². The summed E-state index contributed by atoms with van der Waals surface area (Å²) in [5.41, 5.74) is -0.365. The third kappa shape index (κ3) is 3.13. The lowest BCUT2D eigenvalue weighted by Crippen LogP contribution is -2.49. The second-order valence-electron chi connectivity index (χ2n) is 5.21.